The number of ether oxygens (including phenoxy) is 1. The van der Waals surface area contributed by atoms with E-state index in [4.69, 9.17) is 27.9 Å². The third kappa shape index (κ3) is 3.88. The Morgan fingerprint density at radius 3 is 2.25 bits per heavy atom. The topological polar surface area (TPSA) is 9.23 Å². The van der Waals surface area contributed by atoms with Gasteiger partial charge in [0, 0.05) is 5.88 Å². The molecule has 0 atom stereocenters. The number of hydrogen-bond donors (Lipinski definition) is 0. The van der Waals surface area contributed by atoms with Crippen LogP contribution < -0.4 is 4.74 Å². The highest BCUT2D eigenvalue weighted by molar-refractivity contribution is 9.11. The van der Waals surface area contributed by atoms with Gasteiger partial charge in [-0.3, -0.25) is 0 Å². The number of benzene rings is 2. The molecule has 6 heteroatoms. The summed E-state index contributed by atoms with van der Waals surface area (Å²) < 4.78 is 20.4. The lowest BCUT2D eigenvalue weighted by atomic mass is 10.2. The van der Waals surface area contributed by atoms with Crippen molar-refractivity contribution < 1.29 is 9.13 Å². The molecular formula is C14H9Br2Cl2FO. The Kier molecular flexibility index (Phi) is 5.73. The lowest BCUT2D eigenvalue weighted by Gasteiger charge is -2.12. The fraction of sp³-hybridized carbons (Fsp3) is 0.143. The van der Waals surface area contributed by atoms with Crippen molar-refractivity contribution in [2.24, 2.45) is 0 Å². The Morgan fingerprint density at radius 2 is 1.70 bits per heavy atom. The van der Waals surface area contributed by atoms with Crippen LogP contribution in [0.3, 0.4) is 0 Å². The molecule has 0 aliphatic rings. The van der Waals surface area contributed by atoms with Gasteiger partial charge in [-0.1, -0.05) is 17.7 Å². The van der Waals surface area contributed by atoms with Gasteiger partial charge in [0.15, 0.2) is 0 Å². The smallest absolute Gasteiger partial charge is 0.148 e. The first-order valence-corrected chi connectivity index (χ1v) is 8.11. The summed E-state index contributed by atoms with van der Waals surface area (Å²) in [5, 5.41) is 0.0849. The van der Waals surface area contributed by atoms with Crippen LogP contribution in [0, 0.1) is 5.82 Å². The van der Waals surface area contributed by atoms with Crippen LogP contribution in [0.25, 0.3) is 0 Å². The second-order valence-corrected chi connectivity index (χ2v) is 6.44. The molecule has 1 nitrogen and oxygen atoms in total. The normalized spacial score (nSPS) is 10.7. The van der Waals surface area contributed by atoms with E-state index in [-0.39, 0.29) is 11.6 Å². The largest absolute Gasteiger partial charge is 0.487 e. The highest BCUT2D eigenvalue weighted by atomic mass is 79.9. The number of alkyl halides is 1. The van der Waals surface area contributed by atoms with E-state index in [1.54, 1.807) is 12.1 Å². The second-order valence-electron chi connectivity index (χ2n) is 4.06. The summed E-state index contributed by atoms with van der Waals surface area (Å²) >= 11 is 18.4. The lowest BCUT2D eigenvalue weighted by molar-refractivity contribution is 0.302. The Morgan fingerprint density at radius 1 is 1.05 bits per heavy atom. The zero-order chi connectivity index (χ0) is 14.7. The van der Waals surface area contributed by atoms with Crippen LogP contribution >= 0.6 is 55.1 Å². The van der Waals surface area contributed by atoms with E-state index < -0.39 is 5.82 Å². The highest BCUT2D eigenvalue weighted by Gasteiger charge is 2.10. The molecule has 0 bridgehead atoms. The zero-order valence-corrected chi connectivity index (χ0v) is 14.8. The molecule has 2 rings (SSSR count). The van der Waals surface area contributed by atoms with E-state index in [9.17, 15) is 4.39 Å². The van der Waals surface area contributed by atoms with Crippen LogP contribution in [0.4, 0.5) is 4.39 Å². The molecule has 0 N–H and O–H groups in total. The minimum atomic E-state index is -0.441. The summed E-state index contributed by atoms with van der Waals surface area (Å²) in [5.74, 6) is 0.647. The molecule has 0 aromatic heterocycles. The molecule has 0 radical (unpaired) electrons. The SMILES string of the molecule is Fc1ccc(COc2c(Br)cc(CCl)cc2Br)cc1Cl. The maximum absolute atomic E-state index is 13.1. The van der Waals surface area contributed by atoms with Gasteiger partial charge in [0.25, 0.3) is 0 Å². The summed E-state index contributed by atoms with van der Waals surface area (Å²) in [5.41, 5.74) is 1.76. The number of halogens is 5. The van der Waals surface area contributed by atoms with Crippen molar-refractivity contribution in [1.29, 1.82) is 0 Å². The molecular weight excluding hydrogens is 434 g/mol. The average Bonchev–Trinajstić information content (AvgIpc) is 2.41. The minimum Gasteiger partial charge on any atom is -0.487 e. The van der Waals surface area contributed by atoms with Gasteiger partial charge in [-0.05, 0) is 67.3 Å². The molecule has 0 aliphatic carbocycles. The van der Waals surface area contributed by atoms with Gasteiger partial charge in [0.1, 0.15) is 18.2 Å². The molecule has 0 fully saturated rings. The van der Waals surface area contributed by atoms with Gasteiger partial charge in [0.05, 0.1) is 14.0 Å². The Bertz CT molecular complexity index is 612. The van der Waals surface area contributed by atoms with E-state index >= 15 is 0 Å². The Balaban J connectivity index is 2.16. The van der Waals surface area contributed by atoms with Crippen molar-refractivity contribution >= 4 is 55.1 Å². The third-order valence-electron chi connectivity index (χ3n) is 2.58. The molecule has 0 aliphatic heterocycles. The molecule has 0 saturated heterocycles. The van der Waals surface area contributed by atoms with E-state index in [0.29, 0.717) is 11.6 Å². The quantitative estimate of drug-likeness (QED) is 0.503. The summed E-state index contributed by atoms with van der Waals surface area (Å²) in [6, 6.07) is 8.29. The molecule has 0 spiro atoms. The van der Waals surface area contributed by atoms with Gasteiger partial charge < -0.3 is 4.74 Å². The molecule has 0 heterocycles. The van der Waals surface area contributed by atoms with Crippen molar-refractivity contribution in [3.05, 3.63) is 61.2 Å². The van der Waals surface area contributed by atoms with Gasteiger partial charge in [-0.15, -0.1) is 11.6 Å². The van der Waals surface area contributed by atoms with E-state index in [1.165, 1.54) is 6.07 Å². The van der Waals surface area contributed by atoms with E-state index in [2.05, 4.69) is 31.9 Å². The summed E-state index contributed by atoms with van der Waals surface area (Å²) in [7, 11) is 0. The predicted molar refractivity (Wildman–Crippen MR) is 87.1 cm³/mol. The van der Waals surface area contributed by atoms with E-state index in [1.807, 2.05) is 12.1 Å². The van der Waals surface area contributed by atoms with Crippen molar-refractivity contribution in [1.82, 2.24) is 0 Å². The maximum Gasteiger partial charge on any atom is 0.148 e. The van der Waals surface area contributed by atoms with Crippen molar-refractivity contribution in [2.75, 3.05) is 0 Å². The zero-order valence-electron chi connectivity index (χ0n) is 10.1. The van der Waals surface area contributed by atoms with Crippen molar-refractivity contribution in [3.8, 4) is 5.75 Å². The molecule has 20 heavy (non-hydrogen) atoms. The fourth-order valence-electron chi connectivity index (χ4n) is 1.61. The van der Waals surface area contributed by atoms with Crippen LogP contribution in [0.15, 0.2) is 39.3 Å². The summed E-state index contributed by atoms with van der Waals surface area (Å²) in [4.78, 5) is 0. The molecule has 2 aromatic carbocycles. The van der Waals surface area contributed by atoms with Gasteiger partial charge >= 0.3 is 0 Å². The number of hydrogen-bond acceptors (Lipinski definition) is 1. The Labute approximate surface area is 143 Å². The van der Waals surface area contributed by atoms with Crippen LogP contribution in [0.1, 0.15) is 11.1 Å². The first-order valence-electron chi connectivity index (χ1n) is 5.62. The van der Waals surface area contributed by atoms with Gasteiger partial charge in [0.2, 0.25) is 0 Å². The monoisotopic (exact) mass is 440 g/mol. The summed E-state index contributed by atoms with van der Waals surface area (Å²) in [6.07, 6.45) is 0. The second kappa shape index (κ2) is 7.12. The van der Waals surface area contributed by atoms with Crippen molar-refractivity contribution in [2.45, 2.75) is 12.5 Å². The first-order chi connectivity index (χ1) is 9.51. The van der Waals surface area contributed by atoms with Gasteiger partial charge in [-0.2, -0.15) is 0 Å². The fourth-order valence-corrected chi connectivity index (χ4v) is 3.48. The van der Waals surface area contributed by atoms with Crippen molar-refractivity contribution in [3.63, 3.8) is 0 Å². The third-order valence-corrected chi connectivity index (χ3v) is 4.36. The predicted octanol–water partition coefficient (Wildman–Crippen LogP) is 6.32. The minimum absolute atomic E-state index is 0.0849. The molecule has 0 amide bonds. The molecule has 0 unspecified atom stereocenters. The Hall–Kier alpha value is -0.290. The van der Waals surface area contributed by atoms with Crippen LogP contribution in [0.2, 0.25) is 5.02 Å². The molecule has 106 valence electrons. The van der Waals surface area contributed by atoms with E-state index in [0.717, 1.165) is 20.1 Å². The maximum atomic E-state index is 13.1. The standard InChI is InChI=1S/C14H9Br2Cl2FO/c15-10-3-9(6-17)4-11(16)14(10)20-7-8-1-2-13(19)12(18)5-8/h1-5H,6-7H2. The first kappa shape index (κ1) is 16.1. The molecule has 2 aromatic rings. The molecule has 0 saturated carbocycles. The van der Waals surface area contributed by atoms with Crippen LogP contribution in [-0.4, -0.2) is 0 Å². The lowest BCUT2D eigenvalue weighted by Crippen LogP contribution is -1.98. The summed E-state index contributed by atoms with van der Waals surface area (Å²) in [6.45, 7) is 0.289. The number of rotatable bonds is 4. The van der Waals surface area contributed by atoms with Crippen LogP contribution in [0.5, 0.6) is 5.75 Å². The van der Waals surface area contributed by atoms with Gasteiger partial charge in [-0.25, -0.2) is 4.39 Å². The average molecular weight is 443 g/mol. The van der Waals surface area contributed by atoms with Crippen LogP contribution in [-0.2, 0) is 12.5 Å². The highest BCUT2D eigenvalue weighted by Crippen LogP contribution is 2.35.